The minimum Gasteiger partial charge on any atom is -0.507 e. The van der Waals surface area contributed by atoms with E-state index in [9.17, 15) is 19.5 Å². The summed E-state index contributed by atoms with van der Waals surface area (Å²) in [7, 11) is 0. The minimum atomic E-state index is -0.896. The Hall–Kier alpha value is -3.26. The van der Waals surface area contributed by atoms with Crippen molar-refractivity contribution in [3.63, 3.8) is 0 Å². The van der Waals surface area contributed by atoms with Crippen LogP contribution in [-0.4, -0.2) is 42.6 Å². The molecule has 0 radical (unpaired) electrons. The van der Waals surface area contributed by atoms with Gasteiger partial charge in [-0.1, -0.05) is 11.6 Å². The average Bonchev–Trinajstić information content (AvgIpc) is 2.71. The molecule has 0 unspecified atom stereocenters. The van der Waals surface area contributed by atoms with E-state index in [1.54, 1.807) is 12.1 Å². The fraction of sp³-hybridized carbons (Fsp3) is 0.250. The first-order valence-corrected chi connectivity index (χ1v) is 9.33. The Morgan fingerprint density at radius 3 is 2.28 bits per heavy atom. The number of nitrogens with one attached hydrogen (secondary N) is 2. The number of phenolic OH excluding ortho intramolecular Hbond substituents is 1. The highest BCUT2D eigenvalue weighted by Gasteiger charge is 2.15. The fourth-order valence-corrected chi connectivity index (χ4v) is 2.70. The van der Waals surface area contributed by atoms with Crippen LogP contribution in [0.3, 0.4) is 0 Å². The van der Waals surface area contributed by atoms with Gasteiger partial charge in [0.05, 0.1) is 0 Å². The number of anilines is 1. The van der Waals surface area contributed by atoms with Crippen LogP contribution >= 0.6 is 11.6 Å². The smallest absolute Gasteiger partial charge is 0.342 e. The van der Waals surface area contributed by atoms with Crippen molar-refractivity contribution in [1.29, 1.82) is 0 Å². The highest BCUT2D eigenvalue weighted by atomic mass is 35.5. The molecule has 0 aliphatic carbocycles. The number of aromatic hydroxyl groups is 1. The van der Waals surface area contributed by atoms with Gasteiger partial charge in [-0.15, -0.1) is 0 Å². The number of hydrogen-bond acceptors (Lipinski definition) is 6. The molecule has 0 saturated carbocycles. The van der Waals surface area contributed by atoms with Crippen LogP contribution in [0.1, 0.15) is 34.6 Å². The van der Waals surface area contributed by atoms with E-state index in [0.29, 0.717) is 5.56 Å². The van der Waals surface area contributed by atoms with Crippen LogP contribution in [0.2, 0.25) is 5.02 Å². The van der Waals surface area contributed by atoms with E-state index in [2.05, 4.69) is 15.8 Å². The van der Waals surface area contributed by atoms with Crippen LogP contribution in [0.4, 0.5) is 5.69 Å². The number of benzene rings is 2. The van der Waals surface area contributed by atoms with Crippen LogP contribution < -0.4 is 15.8 Å². The van der Waals surface area contributed by atoms with E-state index in [1.807, 2.05) is 26.0 Å². The molecule has 0 aliphatic heterocycles. The van der Waals surface area contributed by atoms with Crippen molar-refractivity contribution < 1.29 is 24.2 Å². The second-order valence-corrected chi connectivity index (χ2v) is 6.40. The van der Waals surface area contributed by atoms with Crippen molar-refractivity contribution in [2.45, 2.75) is 13.8 Å². The summed E-state index contributed by atoms with van der Waals surface area (Å²) in [5.74, 6) is -2.50. The topological polar surface area (TPSA) is 108 Å². The molecular weight excluding hydrogens is 398 g/mol. The molecule has 0 bridgehead atoms. The summed E-state index contributed by atoms with van der Waals surface area (Å²) in [5.41, 5.74) is 5.64. The van der Waals surface area contributed by atoms with Crippen LogP contribution in [-0.2, 0) is 9.53 Å². The second kappa shape index (κ2) is 10.3. The van der Waals surface area contributed by atoms with Crippen LogP contribution in [0, 0.1) is 0 Å². The van der Waals surface area contributed by atoms with Gasteiger partial charge in [0, 0.05) is 29.4 Å². The van der Waals surface area contributed by atoms with E-state index in [-0.39, 0.29) is 16.3 Å². The number of carbonyl (C=O) groups is 3. The summed E-state index contributed by atoms with van der Waals surface area (Å²) in [6, 6.07) is 10.8. The van der Waals surface area contributed by atoms with Crippen molar-refractivity contribution in [3.8, 4) is 5.75 Å². The molecule has 0 heterocycles. The molecule has 8 nitrogen and oxygen atoms in total. The highest BCUT2D eigenvalue weighted by Crippen LogP contribution is 2.22. The summed E-state index contributed by atoms with van der Waals surface area (Å²) >= 11 is 5.69. The molecule has 154 valence electrons. The summed E-state index contributed by atoms with van der Waals surface area (Å²) in [4.78, 5) is 37.9. The van der Waals surface area contributed by atoms with Gasteiger partial charge < -0.3 is 14.7 Å². The lowest BCUT2D eigenvalue weighted by Crippen LogP contribution is -2.43. The quantitative estimate of drug-likeness (QED) is 0.470. The van der Waals surface area contributed by atoms with Crippen LogP contribution in [0.15, 0.2) is 42.5 Å². The van der Waals surface area contributed by atoms with Gasteiger partial charge in [0.25, 0.3) is 11.8 Å². The Bertz CT molecular complexity index is 882. The summed E-state index contributed by atoms with van der Waals surface area (Å²) in [6.45, 7) is 5.15. The molecule has 0 spiro atoms. The normalized spacial score (nSPS) is 10.2. The minimum absolute atomic E-state index is 0.125. The molecule has 0 aromatic heterocycles. The van der Waals surface area contributed by atoms with Gasteiger partial charge in [-0.05, 0) is 56.3 Å². The number of hydrazine groups is 1. The number of ether oxygens (including phenoxy) is 1. The monoisotopic (exact) mass is 419 g/mol. The maximum absolute atomic E-state index is 12.1. The number of carbonyl (C=O) groups excluding carboxylic acids is 3. The fourth-order valence-electron chi connectivity index (χ4n) is 2.53. The van der Waals surface area contributed by atoms with Crippen LogP contribution in [0.5, 0.6) is 5.75 Å². The molecule has 2 amide bonds. The molecule has 0 fully saturated rings. The van der Waals surface area contributed by atoms with Crippen LogP contribution in [0.25, 0.3) is 0 Å². The second-order valence-electron chi connectivity index (χ2n) is 5.96. The lowest BCUT2D eigenvalue weighted by atomic mass is 10.2. The third-order valence-corrected chi connectivity index (χ3v) is 4.32. The van der Waals surface area contributed by atoms with Crippen molar-refractivity contribution in [1.82, 2.24) is 10.9 Å². The maximum atomic E-state index is 12.1. The lowest BCUT2D eigenvalue weighted by Gasteiger charge is -2.21. The van der Waals surface area contributed by atoms with Gasteiger partial charge in [0.15, 0.2) is 6.61 Å². The Morgan fingerprint density at radius 1 is 1.03 bits per heavy atom. The number of halogens is 1. The van der Waals surface area contributed by atoms with Crippen molar-refractivity contribution >= 4 is 35.1 Å². The largest absolute Gasteiger partial charge is 0.507 e. The summed E-state index contributed by atoms with van der Waals surface area (Å²) in [6.07, 6.45) is 0. The van der Waals surface area contributed by atoms with Gasteiger partial charge in [0.2, 0.25) is 0 Å². The third-order valence-electron chi connectivity index (χ3n) is 4.09. The lowest BCUT2D eigenvalue weighted by molar-refractivity contribution is -0.125. The molecule has 2 aromatic carbocycles. The van der Waals surface area contributed by atoms with Gasteiger partial charge in [-0.25, -0.2) is 4.79 Å². The molecule has 29 heavy (non-hydrogen) atoms. The van der Waals surface area contributed by atoms with Gasteiger partial charge in [0.1, 0.15) is 11.3 Å². The Balaban J connectivity index is 1.82. The number of nitrogens with zero attached hydrogens (tertiary/aromatic N) is 1. The molecule has 2 aromatic rings. The van der Waals surface area contributed by atoms with Gasteiger partial charge >= 0.3 is 5.97 Å². The number of esters is 1. The first-order chi connectivity index (χ1) is 13.8. The molecule has 0 aliphatic rings. The molecule has 0 atom stereocenters. The predicted octanol–water partition coefficient (Wildman–Crippen LogP) is 2.51. The highest BCUT2D eigenvalue weighted by molar-refractivity contribution is 6.30. The number of amides is 2. The summed E-state index contributed by atoms with van der Waals surface area (Å²) in [5, 5.41) is 9.92. The van der Waals surface area contributed by atoms with Gasteiger partial charge in [-0.3, -0.25) is 20.4 Å². The van der Waals surface area contributed by atoms with Gasteiger partial charge in [-0.2, -0.15) is 0 Å². The summed E-state index contributed by atoms with van der Waals surface area (Å²) < 4.78 is 4.80. The van der Waals surface area contributed by atoms with E-state index in [0.717, 1.165) is 18.8 Å². The zero-order valence-corrected chi connectivity index (χ0v) is 16.8. The molecule has 2 rings (SSSR count). The Labute approximate surface area is 173 Å². The average molecular weight is 420 g/mol. The molecule has 9 heteroatoms. The number of hydrogen-bond donors (Lipinski definition) is 3. The first-order valence-electron chi connectivity index (χ1n) is 8.95. The molecule has 3 N–H and O–H groups in total. The Morgan fingerprint density at radius 2 is 1.69 bits per heavy atom. The third kappa shape index (κ3) is 6.11. The standard InChI is InChI=1S/C20H22ClN3O5/c1-3-24(4-2)15-8-5-13(6-9-15)19(27)23-22-18(26)12-29-20(28)16-10-7-14(21)11-17(16)25/h5-11,25H,3-4,12H2,1-2H3,(H,22,26)(H,23,27). The maximum Gasteiger partial charge on any atom is 0.342 e. The van der Waals surface area contributed by atoms with E-state index in [1.165, 1.54) is 18.2 Å². The SMILES string of the molecule is CCN(CC)c1ccc(C(=O)NNC(=O)COC(=O)c2ccc(Cl)cc2O)cc1. The van der Waals surface area contributed by atoms with E-state index < -0.39 is 24.4 Å². The zero-order chi connectivity index (χ0) is 21.4. The predicted molar refractivity (Wildman–Crippen MR) is 109 cm³/mol. The zero-order valence-electron chi connectivity index (χ0n) is 16.1. The first kappa shape index (κ1) is 22.0. The number of rotatable bonds is 7. The number of phenols is 1. The molecule has 0 saturated heterocycles. The van der Waals surface area contributed by atoms with Crippen molar-refractivity contribution in [2.24, 2.45) is 0 Å². The van der Waals surface area contributed by atoms with E-state index in [4.69, 9.17) is 16.3 Å². The van der Waals surface area contributed by atoms with Crippen molar-refractivity contribution in [3.05, 3.63) is 58.6 Å². The van der Waals surface area contributed by atoms with E-state index >= 15 is 0 Å². The molecular formula is C20H22ClN3O5. The Kier molecular flexibility index (Phi) is 7.85. The van der Waals surface area contributed by atoms with Crippen molar-refractivity contribution in [2.75, 3.05) is 24.6 Å².